The molecule has 0 radical (unpaired) electrons. The van der Waals surface area contributed by atoms with Gasteiger partial charge < -0.3 is 5.32 Å². The predicted molar refractivity (Wildman–Crippen MR) is 84.0 cm³/mol. The molecular weight excluding hydrogens is 303 g/mol. The van der Waals surface area contributed by atoms with Crippen LogP contribution in [-0.2, 0) is 11.2 Å². The Balaban J connectivity index is 1.91. The number of H-pyrrole nitrogens is 1. The first-order valence-electron chi connectivity index (χ1n) is 7.13. The van der Waals surface area contributed by atoms with Gasteiger partial charge in [-0.05, 0) is 31.5 Å². The standard InChI is InChI=1S/C15H19FN4OS/c1-4-13-18-15(20-19-13)22-10(3)14(21)17-9(2)11-5-7-12(16)8-6-11/h5-10H,4H2,1-3H3,(H,17,21)(H,18,19,20). The second kappa shape index (κ2) is 7.40. The lowest BCUT2D eigenvalue weighted by Gasteiger charge is -2.17. The number of amides is 1. The van der Waals surface area contributed by atoms with Crippen molar-refractivity contribution >= 4 is 17.7 Å². The highest BCUT2D eigenvalue weighted by Gasteiger charge is 2.19. The Bertz CT molecular complexity index is 629. The van der Waals surface area contributed by atoms with Gasteiger partial charge in [0.1, 0.15) is 11.6 Å². The number of carbonyl (C=O) groups excluding carboxylic acids is 1. The van der Waals surface area contributed by atoms with E-state index in [-0.39, 0.29) is 23.0 Å². The molecule has 2 unspecified atom stereocenters. The van der Waals surface area contributed by atoms with Gasteiger partial charge in [0.05, 0.1) is 11.3 Å². The monoisotopic (exact) mass is 322 g/mol. The minimum absolute atomic E-state index is 0.107. The van der Waals surface area contributed by atoms with E-state index in [4.69, 9.17) is 0 Å². The molecule has 7 heteroatoms. The van der Waals surface area contributed by atoms with E-state index in [1.165, 1.54) is 23.9 Å². The lowest BCUT2D eigenvalue weighted by molar-refractivity contribution is -0.120. The molecule has 0 fully saturated rings. The Morgan fingerprint density at radius 1 is 1.36 bits per heavy atom. The summed E-state index contributed by atoms with van der Waals surface area (Å²) in [4.78, 5) is 16.5. The Labute approximate surface area is 133 Å². The normalized spacial score (nSPS) is 13.6. The first-order valence-corrected chi connectivity index (χ1v) is 8.01. The van der Waals surface area contributed by atoms with Crippen molar-refractivity contribution < 1.29 is 9.18 Å². The quantitative estimate of drug-likeness (QED) is 0.802. The second-order valence-electron chi connectivity index (χ2n) is 4.96. The Morgan fingerprint density at radius 3 is 2.64 bits per heavy atom. The first-order chi connectivity index (χ1) is 10.5. The second-order valence-corrected chi connectivity index (χ2v) is 6.27. The van der Waals surface area contributed by atoms with Crippen LogP contribution in [0.1, 0.15) is 38.2 Å². The van der Waals surface area contributed by atoms with Crippen molar-refractivity contribution in [2.75, 3.05) is 0 Å². The lowest BCUT2D eigenvalue weighted by atomic mass is 10.1. The zero-order valence-corrected chi connectivity index (χ0v) is 13.6. The summed E-state index contributed by atoms with van der Waals surface area (Å²) in [6.07, 6.45) is 0.774. The topological polar surface area (TPSA) is 70.7 Å². The molecule has 0 aliphatic heterocycles. The van der Waals surface area contributed by atoms with Crippen molar-refractivity contribution in [3.05, 3.63) is 41.5 Å². The molecule has 0 saturated heterocycles. The summed E-state index contributed by atoms with van der Waals surface area (Å²) >= 11 is 1.30. The van der Waals surface area contributed by atoms with Crippen LogP contribution in [0.2, 0.25) is 0 Å². The van der Waals surface area contributed by atoms with E-state index in [0.29, 0.717) is 5.16 Å². The lowest BCUT2D eigenvalue weighted by Crippen LogP contribution is -2.33. The number of thioether (sulfide) groups is 1. The third kappa shape index (κ3) is 4.30. The maximum Gasteiger partial charge on any atom is 0.233 e. The molecule has 118 valence electrons. The van der Waals surface area contributed by atoms with Gasteiger partial charge in [0.15, 0.2) is 0 Å². The number of halogens is 1. The molecule has 1 amide bonds. The average molecular weight is 322 g/mol. The number of rotatable bonds is 6. The molecule has 0 aliphatic rings. The van der Waals surface area contributed by atoms with Crippen molar-refractivity contribution in [3.63, 3.8) is 0 Å². The molecule has 1 aromatic carbocycles. The number of hydrogen-bond acceptors (Lipinski definition) is 4. The van der Waals surface area contributed by atoms with E-state index in [1.807, 2.05) is 13.8 Å². The number of nitrogens with one attached hydrogen (secondary N) is 2. The zero-order chi connectivity index (χ0) is 16.1. The predicted octanol–water partition coefficient (Wildman–Crippen LogP) is 2.86. The van der Waals surface area contributed by atoms with E-state index in [1.54, 1.807) is 19.1 Å². The maximum absolute atomic E-state index is 12.9. The Hall–Kier alpha value is -1.89. The molecule has 2 aromatic rings. The van der Waals surface area contributed by atoms with Gasteiger partial charge in [0.25, 0.3) is 0 Å². The third-order valence-corrected chi connectivity index (χ3v) is 4.19. The minimum atomic E-state index is -0.316. The van der Waals surface area contributed by atoms with Crippen LogP contribution in [-0.4, -0.2) is 26.3 Å². The molecule has 0 aliphatic carbocycles. The van der Waals surface area contributed by atoms with Crippen LogP contribution < -0.4 is 5.32 Å². The number of carbonyl (C=O) groups is 1. The van der Waals surface area contributed by atoms with Crippen molar-refractivity contribution in [2.45, 2.75) is 43.6 Å². The van der Waals surface area contributed by atoms with Crippen molar-refractivity contribution in [2.24, 2.45) is 0 Å². The van der Waals surface area contributed by atoms with Crippen LogP contribution in [0.3, 0.4) is 0 Å². The molecular formula is C15H19FN4OS. The molecule has 0 saturated carbocycles. The zero-order valence-electron chi connectivity index (χ0n) is 12.8. The largest absolute Gasteiger partial charge is 0.349 e. The fourth-order valence-electron chi connectivity index (χ4n) is 1.87. The molecule has 1 aromatic heterocycles. The number of nitrogens with zero attached hydrogens (tertiary/aromatic N) is 2. The third-order valence-electron chi connectivity index (χ3n) is 3.23. The summed E-state index contributed by atoms with van der Waals surface area (Å²) < 4.78 is 12.9. The molecule has 0 bridgehead atoms. The van der Waals surface area contributed by atoms with E-state index in [2.05, 4.69) is 20.5 Å². The van der Waals surface area contributed by atoms with Gasteiger partial charge in [0, 0.05) is 6.42 Å². The SMILES string of the molecule is CCc1nc(SC(C)C(=O)NC(C)c2ccc(F)cc2)n[nH]1. The van der Waals surface area contributed by atoms with E-state index in [9.17, 15) is 9.18 Å². The highest BCUT2D eigenvalue weighted by molar-refractivity contribution is 8.00. The molecule has 5 nitrogen and oxygen atoms in total. The van der Waals surface area contributed by atoms with Crippen LogP contribution in [0, 0.1) is 5.82 Å². The van der Waals surface area contributed by atoms with Crippen molar-refractivity contribution in [1.82, 2.24) is 20.5 Å². The average Bonchev–Trinajstić information content (AvgIpc) is 2.95. The highest BCUT2D eigenvalue weighted by Crippen LogP contribution is 2.21. The Morgan fingerprint density at radius 2 is 2.05 bits per heavy atom. The van der Waals surface area contributed by atoms with Gasteiger partial charge >= 0.3 is 0 Å². The van der Waals surface area contributed by atoms with Crippen LogP contribution in [0.15, 0.2) is 29.4 Å². The van der Waals surface area contributed by atoms with Gasteiger partial charge in [-0.2, -0.15) is 0 Å². The first kappa shape index (κ1) is 16.5. The highest BCUT2D eigenvalue weighted by atomic mass is 32.2. The number of aromatic amines is 1. The maximum atomic E-state index is 12.9. The summed E-state index contributed by atoms with van der Waals surface area (Å²) in [5.41, 5.74) is 0.859. The van der Waals surface area contributed by atoms with Gasteiger partial charge in [-0.15, -0.1) is 5.10 Å². The van der Waals surface area contributed by atoms with Crippen molar-refractivity contribution in [1.29, 1.82) is 0 Å². The summed E-state index contributed by atoms with van der Waals surface area (Å²) in [6, 6.07) is 5.92. The van der Waals surface area contributed by atoms with Crippen molar-refractivity contribution in [3.8, 4) is 0 Å². The van der Waals surface area contributed by atoms with Crippen LogP contribution in [0.4, 0.5) is 4.39 Å². The van der Waals surface area contributed by atoms with Gasteiger partial charge in [-0.25, -0.2) is 9.37 Å². The Kier molecular flexibility index (Phi) is 5.54. The molecule has 1 heterocycles. The molecule has 0 spiro atoms. The van der Waals surface area contributed by atoms with Gasteiger partial charge in [-0.1, -0.05) is 30.8 Å². The van der Waals surface area contributed by atoms with Crippen LogP contribution >= 0.6 is 11.8 Å². The van der Waals surface area contributed by atoms with E-state index < -0.39 is 0 Å². The number of aromatic nitrogens is 3. The van der Waals surface area contributed by atoms with Crippen LogP contribution in [0.5, 0.6) is 0 Å². The van der Waals surface area contributed by atoms with E-state index in [0.717, 1.165) is 17.8 Å². The molecule has 2 N–H and O–H groups in total. The smallest absolute Gasteiger partial charge is 0.233 e. The van der Waals surface area contributed by atoms with Crippen LogP contribution in [0.25, 0.3) is 0 Å². The minimum Gasteiger partial charge on any atom is -0.349 e. The molecule has 2 atom stereocenters. The van der Waals surface area contributed by atoms with Gasteiger partial charge in [-0.3, -0.25) is 9.89 Å². The number of benzene rings is 1. The fourth-order valence-corrected chi connectivity index (χ4v) is 2.62. The summed E-state index contributed by atoms with van der Waals surface area (Å²) in [7, 11) is 0. The number of aryl methyl sites for hydroxylation is 1. The van der Waals surface area contributed by atoms with E-state index >= 15 is 0 Å². The fraction of sp³-hybridized carbons (Fsp3) is 0.400. The molecule has 2 rings (SSSR count). The summed E-state index contributed by atoms with van der Waals surface area (Å²) in [6.45, 7) is 5.65. The summed E-state index contributed by atoms with van der Waals surface area (Å²) in [5.74, 6) is 0.405. The number of hydrogen-bond donors (Lipinski definition) is 2. The molecule has 22 heavy (non-hydrogen) atoms. The van der Waals surface area contributed by atoms with Gasteiger partial charge in [0.2, 0.25) is 11.1 Å². The summed E-state index contributed by atoms with van der Waals surface area (Å²) in [5, 5.41) is 10.0.